The summed E-state index contributed by atoms with van der Waals surface area (Å²) in [6.07, 6.45) is 21.8. The molecule has 0 aliphatic carbocycles. The third-order valence-corrected chi connectivity index (χ3v) is 8.58. The molecule has 1 atom stereocenters. The van der Waals surface area contributed by atoms with Crippen LogP contribution in [-0.2, 0) is 19.7 Å². The van der Waals surface area contributed by atoms with Gasteiger partial charge in [-0.25, -0.2) is 4.90 Å². The average Bonchev–Trinajstić information content (AvgIpc) is 3.18. The zero-order valence-electron chi connectivity index (χ0n) is 24.5. The van der Waals surface area contributed by atoms with Crippen LogP contribution in [0.5, 0.6) is 5.75 Å². The molecular formula is C31H52N2O6S. The molecule has 1 aromatic carbocycles. The molecule has 2 amide bonds. The molecule has 1 saturated heterocycles. The molecule has 1 fully saturated rings. The smallest absolute Gasteiger partial charge is 0.264 e. The summed E-state index contributed by atoms with van der Waals surface area (Å²) < 4.78 is 30.4. The number of phenolic OH excluding ortho intramolecular Hbond substituents is 1. The molecule has 1 aliphatic rings. The quantitative estimate of drug-likeness (QED) is 0.0691. The Hall–Kier alpha value is -2.13. The molecule has 228 valence electrons. The number of carbonyl (C=O) groups excluding carboxylic acids is 2. The van der Waals surface area contributed by atoms with E-state index in [2.05, 4.69) is 12.2 Å². The van der Waals surface area contributed by atoms with E-state index in [1.807, 2.05) is 0 Å². The largest absolute Gasteiger partial charge is 0.506 e. The molecule has 1 unspecified atom stereocenters. The molecule has 2 rings (SSSR count). The molecule has 0 radical (unpaired) electrons. The van der Waals surface area contributed by atoms with Crippen LogP contribution in [0.1, 0.15) is 129 Å². The normalized spacial score (nSPS) is 15.8. The van der Waals surface area contributed by atoms with Gasteiger partial charge in [0.25, 0.3) is 10.1 Å². The lowest BCUT2D eigenvalue weighted by atomic mass is 9.98. The molecule has 1 heterocycles. The van der Waals surface area contributed by atoms with Gasteiger partial charge in [0.2, 0.25) is 11.8 Å². The van der Waals surface area contributed by atoms with Crippen molar-refractivity contribution in [3.8, 4) is 5.75 Å². The molecule has 1 aliphatic heterocycles. The minimum atomic E-state index is -4.01. The van der Waals surface area contributed by atoms with Gasteiger partial charge < -0.3 is 10.4 Å². The van der Waals surface area contributed by atoms with Gasteiger partial charge >= 0.3 is 0 Å². The summed E-state index contributed by atoms with van der Waals surface area (Å²) in [5, 5.41) is 13.4. The van der Waals surface area contributed by atoms with Crippen molar-refractivity contribution in [3.05, 3.63) is 18.2 Å². The number of hydrogen-bond acceptors (Lipinski definition) is 6. The molecule has 3 N–H and O–H groups in total. The third kappa shape index (κ3) is 13.5. The lowest BCUT2D eigenvalue weighted by Gasteiger charge is -2.17. The van der Waals surface area contributed by atoms with Crippen LogP contribution in [0.2, 0.25) is 0 Å². The summed E-state index contributed by atoms with van der Waals surface area (Å²) in [4.78, 5) is 26.6. The third-order valence-electron chi connectivity index (χ3n) is 7.77. The summed E-state index contributed by atoms with van der Waals surface area (Å²) in [6, 6.07) is 4.56. The summed E-state index contributed by atoms with van der Waals surface area (Å²) in [5.74, 6) is -1.44. The number of amides is 2. The van der Waals surface area contributed by atoms with E-state index in [0.717, 1.165) is 24.2 Å². The van der Waals surface area contributed by atoms with Crippen molar-refractivity contribution in [3.63, 3.8) is 0 Å². The van der Waals surface area contributed by atoms with Crippen LogP contribution in [0.25, 0.3) is 0 Å². The van der Waals surface area contributed by atoms with E-state index in [0.29, 0.717) is 12.1 Å². The van der Waals surface area contributed by atoms with Crippen molar-refractivity contribution >= 4 is 33.3 Å². The lowest BCUT2D eigenvalue weighted by Crippen LogP contribution is -2.30. The Kier molecular flexibility index (Phi) is 16.2. The molecule has 1 aromatic rings. The lowest BCUT2D eigenvalue weighted by molar-refractivity contribution is -0.122. The fourth-order valence-corrected chi connectivity index (χ4v) is 5.93. The van der Waals surface area contributed by atoms with E-state index in [-0.39, 0.29) is 54.3 Å². The van der Waals surface area contributed by atoms with Crippen LogP contribution in [0, 0.1) is 5.92 Å². The van der Waals surface area contributed by atoms with Crippen molar-refractivity contribution in [2.24, 2.45) is 5.92 Å². The van der Waals surface area contributed by atoms with Crippen LogP contribution in [0.15, 0.2) is 18.2 Å². The Morgan fingerprint density at radius 3 is 1.85 bits per heavy atom. The number of phenols is 1. The fourth-order valence-electron chi connectivity index (χ4n) is 5.42. The standard InChI is InChI=1S/C31H52N2O6S/c1-2-3-4-5-6-7-8-9-10-11-12-13-14-15-16-17-19-26-24-30(35)33(31(26)36)28-21-20-27(25-29(28)34)32-22-18-23-40(37,38)39/h20-21,25-26,32,34H,2-19,22-24H2,1H3,(H,37,38,39). The second-order valence-corrected chi connectivity index (χ2v) is 12.9. The van der Waals surface area contributed by atoms with Gasteiger partial charge in [0.05, 0.1) is 11.4 Å². The van der Waals surface area contributed by atoms with Crippen LogP contribution in [0.3, 0.4) is 0 Å². The number of imide groups is 1. The number of nitrogens with one attached hydrogen (secondary N) is 1. The first kappa shape index (κ1) is 34.1. The number of aromatic hydroxyl groups is 1. The number of carbonyl (C=O) groups is 2. The highest BCUT2D eigenvalue weighted by molar-refractivity contribution is 7.85. The minimum Gasteiger partial charge on any atom is -0.506 e. The van der Waals surface area contributed by atoms with E-state index in [9.17, 15) is 23.1 Å². The van der Waals surface area contributed by atoms with Crippen molar-refractivity contribution in [2.75, 3.05) is 22.5 Å². The van der Waals surface area contributed by atoms with E-state index in [1.54, 1.807) is 6.07 Å². The molecule has 0 bridgehead atoms. The highest BCUT2D eigenvalue weighted by Crippen LogP contribution is 2.36. The summed E-state index contributed by atoms with van der Waals surface area (Å²) in [7, 11) is -4.01. The van der Waals surface area contributed by atoms with Crippen LogP contribution >= 0.6 is 0 Å². The zero-order valence-corrected chi connectivity index (χ0v) is 25.4. The first-order chi connectivity index (χ1) is 19.2. The maximum Gasteiger partial charge on any atom is 0.264 e. The van der Waals surface area contributed by atoms with Crippen molar-refractivity contribution in [1.82, 2.24) is 0 Å². The molecule has 8 nitrogen and oxygen atoms in total. The highest BCUT2D eigenvalue weighted by Gasteiger charge is 2.40. The number of rotatable bonds is 23. The fraction of sp³-hybridized carbons (Fsp3) is 0.742. The number of nitrogens with zero attached hydrogens (tertiary/aromatic N) is 1. The van der Waals surface area contributed by atoms with Crippen molar-refractivity contribution < 1.29 is 27.7 Å². The molecule has 40 heavy (non-hydrogen) atoms. The Bertz CT molecular complexity index is 998. The molecule has 9 heteroatoms. The number of hydrogen-bond donors (Lipinski definition) is 3. The Morgan fingerprint density at radius 1 is 0.825 bits per heavy atom. The first-order valence-electron chi connectivity index (χ1n) is 15.6. The molecule has 0 aromatic heterocycles. The Balaban J connectivity index is 1.57. The SMILES string of the molecule is CCCCCCCCCCCCCCCCCCC1CC(=O)N(c2ccc(NCCCS(=O)(=O)O)cc2O)C1=O. The van der Waals surface area contributed by atoms with Crippen LogP contribution < -0.4 is 10.2 Å². The number of anilines is 2. The minimum absolute atomic E-state index is 0.173. The number of unbranched alkanes of at least 4 members (excludes halogenated alkanes) is 15. The average molecular weight is 581 g/mol. The Morgan fingerprint density at radius 2 is 1.35 bits per heavy atom. The zero-order chi connectivity index (χ0) is 29.2. The predicted molar refractivity (Wildman–Crippen MR) is 162 cm³/mol. The second-order valence-electron chi connectivity index (χ2n) is 11.3. The van der Waals surface area contributed by atoms with Crippen LogP contribution in [-0.4, -0.2) is 42.2 Å². The van der Waals surface area contributed by atoms with E-state index in [1.165, 1.54) is 95.6 Å². The van der Waals surface area contributed by atoms with E-state index >= 15 is 0 Å². The maximum atomic E-state index is 12.9. The number of benzene rings is 1. The van der Waals surface area contributed by atoms with Gasteiger partial charge in [0.1, 0.15) is 5.75 Å². The predicted octanol–water partition coefficient (Wildman–Crippen LogP) is 7.61. The highest BCUT2D eigenvalue weighted by atomic mass is 32.2. The maximum absolute atomic E-state index is 12.9. The van der Waals surface area contributed by atoms with Gasteiger partial charge in [-0.1, -0.05) is 110 Å². The molecular weight excluding hydrogens is 528 g/mol. The molecule has 0 spiro atoms. The monoisotopic (exact) mass is 580 g/mol. The van der Waals surface area contributed by atoms with Gasteiger partial charge in [-0.15, -0.1) is 0 Å². The van der Waals surface area contributed by atoms with E-state index in [4.69, 9.17) is 4.55 Å². The summed E-state index contributed by atoms with van der Waals surface area (Å²) in [6.45, 7) is 2.54. The Labute approximate surface area is 242 Å². The first-order valence-corrected chi connectivity index (χ1v) is 17.2. The second kappa shape index (κ2) is 19.1. The van der Waals surface area contributed by atoms with Gasteiger partial charge in [-0.2, -0.15) is 8.42 Å². The van der Waals surface area contributed by atoms with Crippen LogP contribution in [0.4, 0.5) is 11.4 Å². The van der Waals surface area contributed by atoms with E-state index < -0.39 is 10.1 Å². The van der Waals surface area contributed by atoms with Crippen molar-refractivity contribution in [1.29, 1.82) is 0 Å². The van der Waals surface area contributed by atoms with Gasteiger partial charge in [0, 0.05) is 30.6 Å². The summed E-state index contributed by atoms with van der Waals surface area (Å²) in [5.41, 5.74) is 0.702. The van der Waals surface area contributed by atoms with Gasteiger partial charge in [0.15, 0.2) is 0 Å². The summed E-state index contributed by atoms with van der Waals surface area (Å²) >= 11 is 0. The topological polar surface area (TPSA) is 124 Å². The van der Waals surface area contributed by atoms with Gasteiger partial charge in [-0.3, -0.25) is 14.1 Å². The van der Waals surface area contributed by atoms with Gasteiger partial charge in [-0.05, 0) is 25.0 Å². The molecule has 0 saturated carbocycles. The van der Waals surface area contributed by atoms with Crippen molar-refractivity contribution in [2.45, 2.75) is 129 Å².